The molecule has 0 aliphatic carbocycles. The van der Waals surface area contributed by atoms with Crippen LogP contribution in [0.25, 0.3) is 0 Å². The van der Waals surface area contributed by atoms with Gasteiger partial charge in [0.2, 0.25) is 5.89 Å². The molecule has 5 nitrogen and oxygen atoms in total. The summed E-state index contributed by atoms with van der Waals surface area (Å²) < 4.78 is 9.15. The SMILES string of the molecule is O=COCc1coc(CO)n1. The van der Waals surface area contributed by atoms with Crippen molar-refractivity contribution in [1.82, 2.24) is 4.98 Å². The monoisotopic (exact) mass is 157 g/mol. The Morgan fingerprint density at radius 3 is 3.18 bits per heavy atom. The number of ether oxygens (including phenoxy) is 1. The van der Waals surface area contributed by atoms with Crippen LogP contribution in [0.2, 0.25) is 0 Å². The number of aliphatic hydroxyl groups excluding tert-OH is 1. The fourth-order valence-electron chi connectivity index (χ4n) is 0.607. The van der Waals surface area contributed by atoms with Gasteiger partial charge in [0.05, 0.1) is 0 Å². The van der Waals surface area contributed by atoms with E-state index in [0.29, 0.717) is 12.2 Å². The number of hydrogen-bond acceptors (Lipinski definition) is 5. The van der Waals surface area contributed by atoms with Crippen molar-refractivity contribution in [3.05, 3.63) is 17.8 Å². The molecular formula is C6H7NO4. The van der Waals surface area contributed by atoms with Crippen molar-refractivity contribution in [3.63, 3.8) is 0 Å². The van der Waals surface area contributed by atoms with Crippen molar-refractivity contribution in [2.24, 2.45) is 0 Å². The van der Waals surface area contributed by atoms with Gasteiger partial charge in [-0.25, -0.2) is 4.98 Å². The van der Waals surface area contributed by atoms with E-state index in [1.165, 1.54) is 6.26 Å². The molecule has 5 heteroatoms. The molecule has 0 amide bonds. The minimum absolute atomic E-state index is 0.0764. The van der Waals surface area contributed by atoms with Gasteiger partial charge in [0.15, 0.2) is 0 Å². The molecule has 1 heterocycles. The quantitative estimate of drug-likeness (QED) is 0.615. The molecule has 0 radical (unpaired) electrons. The lowest BCUT2D eigenvalue weighted by Crippen LogP contribution is -1.90. The lowest BCUT2D eigenvalue weighted by molar-refractivity contribution is -0.129. The van der Waals surface area contributed by atoms with Gasteiger partial charge in [-0.3, -0.25) is 4.79 Å². The minimum atomic E-state index is -0.249. The minimum Gasteiger partial charge on any atom is -0.461 e. The molecule has 60 valence electrons. The number of carbonyl (C=O) groups excluding carboxylic acids is 1. The third-order valence-corrected chi connectivity index (χ3v) is 1.03. The Morgan fingerprint density at radius 1 is 1.82 bits per heavy atom. The zero-order valence-electron chi connectivity index (χ0n) is 5.69. The topological polar surface area (TPSA) is 72.6 Å². The highest BCUT2D eigenvalue weighted by molar-refractivity contribution is 5.36. The standard InChI is InChI=1S/C6H7NO4/c8-1-6-7-5(3-11-6)2-10-4-9/h3-4,8H,1-2H2. The van der Waals surface area contributed by atoms with Crippen molar-refractivity contribution >= 4 is 6.47 Å². The van der Waals surface area contributed by atoms with Crippen LogP contribution in [0, 0.1) is 0 Å². The molecule has 0 saturated carbocycles. The fourth-order valence-corrected chi connectivity index (χ4v) is 0.607. The fraction of sp³-hybridized carbons (Fsp3) is 0.333. The number of aromatic nitrogens is 1. The van der Waals surface area contributed by atoms with Crippen molar-refractivity contribution < 1.29 is 19.1 Å². The first-order valence-electron chi connectivity index (χ1n) is 2.96. The van der Waals surface area contributed by atoms with Crippen LogP contribution < -0.4 is 0 Å². The number of hydrogen-bond donors (Lipinski definition) is 1. The molecule has 0 aliphatic heterocycles. The number of aliphatic hydroxyl groups is 1. The van der Waals surface area contributed by atoms with E-state index in [1.807, 2.05) is 0 Å². The molecule has 1 N–H and O–H groups in total. The van der Waals surface area contributed by atoms with Gasteiger partial charge < -0.3 is 14.3 Å². The summed E-state index contributed by atoms with van der Waals surface area (Å²) >= 11 is 0. The van der Waals surface area contributed by atoms with Crippen LogP contribution >= 0.6 is 0 Å². The highest BCUT2D eigenvalue weighted by atomic mass is 16.5. The van der Waals surface area contributed by atoms with Crippen LogP contribution in [0.15, 0.2) is 10.7 Å². The predicted octanol–water partition coefficient (Wildman–Crippen LogP) is -0.160. The summed E-state index contributed by atoms with van der Waals surface area (Å²) in [6.45, 7) is 0.154. The van der Waals surface area contributed by atoms with Crippen LogP contribution in [-0.4, -0.2) is 16.6 Å². The molecule has 0 spiro atoms. The first-order valence-corrected chi connectivity index (χ1v) is 2.96. The Hall–Kier alpha value is -1.36. The molecule has 0 bridgehead atoms. The molecule has 0 unspecified atom stereocenters. The third kappa shape index (κ3) is 2.05. The van der Waals surface area contributed by atoms with Crippen molar-refractivity contribution in [3.8, 4) is 0 Å². The lowest BCUT2D eigenvalue weighted by atomic mass is 10.5. The highest BCUT2D eigenvalue weighted by Crippen LogP contribution is 2.01. The van der Waals surface area contributed by atoms with Gasteiger partial charge in [-0.05, 0) is 0 Å². The molecular weight excluding hydrogens is 150 g/mol. The predicted molar refractivity (Wildman–Crippen MR) is 33.3 cm³/mol. The van der Waals surface area contributed by atoms with Crippen molar-refractivity contribution in [2.45, 2.75) is 13.2 Å². The normalized spacial score (nSPS) is 9.55. The van der Waals surface area contributed by atoms with Gasteiger partial charge in [0, 0.05) is 0 Å². The third-order valence-electron chi connectivity index (χ3n) is 1.03. The van der Waals surface area contributed by atoms with Gasteiger partial charge in [-0.15, -0.1) is 0 Å². The number of rotatable bonds is 4. The van der Waals surface area contributed by atoms with E-state index in [9.17, 15) is 4.79 Å². The van der Waals surface area contributed by atoms with Crippen LogP contribution in [0.3, 0.4) is 0 Å². The summed E-state index contributed by atoms with van der Waals surface area (Å²) in [7, 11) is 0. The van der Waals surface area contributed by atoms with Crippen LogP contribution in [0.4, 0.5) is 0 Å². The second-order valence-electron chi connectivity index (χ2n) is 1.80. The Morgan fingerprint density at radius 2 is 2.64 bits per heavy atom. The Kier molecular flexibility index (Phi) is 2.62. The maximum absolute atomic E-state index is 9.72. The van der Waals surface area contributed by atoms with Gasteiger partial charge in [-0.2, -0.15) is 0 Å². The molecule has 0 aliphatic rings. The maximum Gasteiger partial charge on any atom is 0.293 e. The maximum atomic E-state index is 9.72. The molecule has 0 saturated heterocycles. The van der Waals surface area contributed by atoms with E-state index < -0.39 is 0 Å². The Balaban J connectivity index is 2.50. The van der Waals surface area contributed by atoms with E-state index in [0.717, 1.165) is 0 Å². The van der Waals surface area contributed by atoms with Crippen molar-refractivity contribution in [2.75, 3.05) is 0 Å². The molecule has 1 aromatic heterocycles. The average Bonchev–Trinajstić information content (AvgIpc) is 2.48. The second-order valence-corrected chi connectivity index (χ2v) is 1.80. The van der Waals surface area contributed by atoms with Gasteiger partial charge >= 0.3 is 0 Å². The van der Waals surface area contributed by atoms with E-state index in [2.05, 4.69) is 9.72 Å². The molecule has 11 heavy (non-hydrogen) atoms. The highest BCUT2D eigenvalue weighted by Gasteiger charge is 2.01. The molecule has 0 aromatic carbocycles. The van der Waals surface area contributed by atoms with E-state index in [1.54, 1.807) is 0 Å². The number of carbonyl (C=O) groups is 1. The average molecular weight is 157 g/mol. The Labute approximate surface area is 62.6 Å². The summed E-state index contributed by atoms with van der Waals surface area (Å²) in [5.41, 5.74) is 0.487. The summed E-state index contributed by atoms with van der Waals surface area (Å²) in [6, 6.07) is 0. The number of nitrogens with zero attached hydrogens (tertiary/aromatic N) is 1. The van der Waals surface area contributed by atoms with Crippen molar-refractivity contribution in [1.29, 1.82) is 0 Å². The number of oxazole rings is 1. The molecule has 0 atom stereocenters. The zero-order chi connectivity index (χ0) is 8.10. The van der Waals surface area contributed by atoms with E-state index >= 15 is 0 Å². The summed E-state index contributed by atoms with van der Waals surface area (Å²) in [6.07, 6.45) is 1.33. The van der Waals surface area contributed by atoms with Gasteiger partial charge in [-0.1, -0.05) is 0 Å². The molecule has 0 fully saturated rings. The van der Waals surface area contributed by atoms with Gasteiger partial charge in [0.1, 0.15) is 25.2 Å². The van der Waals surface area contributed by atoms with E-state index in [-0.39, 0.29) is 19.1 Å². The van der Waals surface area contributed by atoms with Crippen LogP contribution in [-0.2, 0) is 22.7 Å². The van der Waals surface area contributed by atoms with E-state index in [4.69, 9.17) is 9.52 Å². The second kappa shape index (κ2) is 3.72. The molecule has 1 rings (SSSR count). The summed E-state index contributed by atoms with van der Waals surface area (Å²) in [5.74, 6) is 0.217. The smallest absolute Gasteiger partial charge is 0.293 e. The van der Waals surface area contributed by atoms with Gasteiger partial charge in [0.25, 0.3) is 6.47 Å². The molecule has 1 aromatic rings. The lowest BCUT2D eigenvalue weighted by Gasteiger charge is -1.89. The van der Waals surface area contributed by atoms with Crippen LogP contribution in [0.1, 0.15) is 11.6 Å². The Bertz CT molecular complexity index is 232. The largest absolute Gasteiger partial charge is 0.461 e. The first kappa shape index (κ1) is 7.74. The summed E-state index contributed by atoms with van der Waals surface area (Å²) in [5, 5.41) is 8.51. The summed E-state index contributed by atoms with van der Waals surface area (Å²) in [4.78, 5) is 13.5. The first-order chi connectivity index (χ1) is 5.36. The zero-order valence-corrected chi connectivity index (χ0v) is 5.69. The van der Waals surface area contributed by atoms with Crippen LogP contribution in [0.5, 0.6) is 0 Å².